The summed E-state index contributed by atoms with van der Waals surface area (Å²) < 4.78 is 56.2. The van der Waals surface area contributed by atoms with E-state index in [9.17, 15) is 22.7 Å². The second kappa shape index (κ2) is 11.4. The van der Waals surface area contributed by atoms with Crippen molar-refractivity contribution in [3.05, 3.63) is 30.1 Å². The number of halogens is 2. The molecule has 0 aliphatic heterocycles. The van der Waals surface area contributed by atoms with E-state index in [0.29, 0.717) is 48.5 Å². The molecule has 0 heterocycles. The SMILES string of the molecule is CC[C@H]1CC2C3CCC([C@H](C)CCNC(=O)NS(=O)(=O)c4ccccc4F)[C@@]3(C)CCC2[C@@]2(C)CC[C@@H](O)[C@H](F)[C@@H]12. The van der Waals surface area contributed by atoms with Gasteiger partial charge < -0.3 is 10.4 Å². The Morgan fingerprint density at radius 3 is 2.49 bits per heavy atom. The maximum Gasteiger partial charge on any atom is 0.328 e. The van der Waals surface area contributed by atoms with E-state index in [2.05, 4.69) is 33.0 Å². The summed E-state index contributed by atoms with van der Waals surface area (Å²) in [6.07, 6.45) is 6.86. The number of amides is 2. The summed E-state index contributed by atoms with van der Waals surface area (Å²) in [7, 11) is -4.29. The third-order valence-corrected chi connectivity index (χ3v) is 13.7. The molecule has 9 heteroatoms. The first-order chi connectivity index (χ1) is 19.3. The molecule has 0 saturated heterocycles. The van der Waals surface area contributed by atoms with Gasteiger partial charge in [-0.1, -0.05) is 46.2 Å². The molecule has 1 aromatic carbocycles. The highest BCUT2D eigenvalue weighted by molar-refractivity contribution is 7.90. The van der Waals surface area contributed by atoms with Crippen LogP contribution < -0.4 is 10.0 Å². The number of rotatable bonds is 7. The van der Waals surface area contributed by atoms with Crippen molar-refractivity contribution in [2.75, 3.05) is 6.54 Å². The van der Waals surface area contributed by atoms with Crippen LogP contribution in [0.4, 0.5) is 13.6 Å². The van der Waals surface area contributed by atoms with Gasteiger partial charge in [0.2, 0.25) is 0 Å². The molecule has 4 saturated carbocycles. The zero-order valence-corrected chi connectivity index (χ0v) is 25.7. The number of urea groups is 1. The lowest BCUT2D eigenvalue weighted by Gasteiger charge is -2.63. The second-order valence-electron chi connectivity index (χ2n) is 14.1. The van der Waals surface area contributed by atoms with Crippen molar-refractivity contribution in [2.45, 2.75) is 103 Å². The Balaban J connectivity index is 1.21. The average molecular weight is 595 g/mol. The zero-order chi connectivity index (χ0) is 29.7. The van der Waals surface area contributed by atoms with Crippen molar-refractivity contribution in [1.29, 1.82) is 0 Å². The highest BCUT2D eigenvalue weighted by Gasteiger charge is 2.64. The molecule has 1 aromatic rings. The summed E-state index contributed by atoms with van der Waals surface area (Å²) in [6.45, 7) is 9.55. The van der Waals surface area contributed by atoms with E-state index in [-0.39, 0.29) is 16.7 Å². The number of carbonyl (C=O) groups is 1. The van der Waals surface area contributed by atoms with Crippen LogP contribution in [-0.4, -0.2) is 38.4 Å². The van der Waals surface area contributed by atoms with Gasteiger partial charge in [0.25, 0.3) is 10.0 Å². The van der Waals surface area contributed by atoms with Crippen molar-refractivity contribution in [2.24, 2.45) is 52.3 Å². The third-order valence-electron chi connectivity index (χ3n) is 12.3. The number of fused-ring (bicyclic) bond motifs is 5. The first-order valence-corrected chi connectivity index (χ1v) is 17.2. The average Bonchev–Trinajstić information content (AvgIpc) is 3.27. The number of aliphatic hydroxyl groups excluding tert-OH is 1. The van der Waals surface area contributed by atoms with Gasteiger partial charge in [-0.25, -0.2) is 26.7 Å². The molecular formula is C32H48F2N2O4S. The minimum Gasteiger partial charge on any atom is -0.390 e. The molecule has 4 fully saturated rings. The van der Waals surface area contributed by atoms with Crippen LogP contribution in [0.25, 0.3) is 0 Å². The third kappa shape index (κ3) is 5.32. The van der Waals surface area contributed by atoms with E-state index in [1.807, 2.05) is 4.72 Å². The molecule has 5 rings (SSSR count). The largest absolute Gasteiger partial charge is 0.390 e. The smallest absolute Gasteiger partial charge is 0.328 e. The maximum atomic E-state index is 15.5. The summed E-state index contributed by atoms with van der Waals surface area (Å²) in [5.74, 6) is 1.92. The Kier molecular flexibility index (Phi) is 8.54. The van der Waals surface area contributed by atoms with Crippen molar-refractivity contribution >= 4 is 16.1 Å². The quantitative estimate of drug-likeness (QED) is 0.338. The molecule has 6 nitrogen and oxygen atoms in total. The fraction of sp³-hybridized carbons (Fsp3) is 0.781. The molecule has 0 bridgehead atoms. The van der Waals surface area contributed by atoms with Crippen LogP contribution in [0, 0.1) is 58.1 Å². The lowest BCUT2D eigenvalue weighted by molar-refractivity contribution is -0.180. The molecule has 41 heavy (non-hydrogen) atoms. The summed E-state index contributed by atoms with van der Waals surface area (Å²) in [4.78, 5) is 11.8. The monoisotopic (exact) mass is 594 g/mol. The Morgan fingerprint density at radius 1 is 1.10 bits per heavy atom. The number of alkyl halides is 1. The lowest BCUT2D eigenvalue weighted by atomic mass is 9.42. The lowest BCUT2D eigenvalue weighted by Crippen LogP contribution is -2.60. The molecule has 0 spiro atoms. The van der Waals surface area contributed by atoms with Crippen LogP contribution in [0.3, 0.4) is 0 Å². The fourth-order valence-corrected chi connectivity index (χ4v) is 11.4. The number of sulfonamides is 1. The van der Waals surface area contributed by atoms with Gasteiger partial charge in [0, 0.05) is 12.5 Å². The van der Waals surface area contributed by atoms with E-state index in [1.54, 1.807) is 0 Å². The van der Waals surface area contributed by atoms with Crippen molar-refractivity contribution < 1.29 is 27.1 Å². The number of carbonyl (C=O) groups excluding carboxylic acids is 1. The van der Waals surface area contributed by atoms with Crippen LogP contribution in [-0.2, 0) is 10.0 Å². The van der Waals surface area contributed by atoms with Crippen LogP contribution >= 0.6 is 0 Å². The minimum atomic E-state index is -4.29. The number of nitrogens with one attached hydrogen (secondary N) is 2. The number of hydrogen-bond acceptors (Lipinski definition) is 4. The molecule has 11 atom stereocenters. The number of aliphatic hydroxyl groups is 1. The van der Waals surface area contributed by atoms with Crippen LogP contribution in [0.15, 0.2) is 29.2 Å². The van der Waals surface area contributed by atoms with Gasteiger partial charge in [0.15, 0.2) is 0 Å². The number of hydrogen-bond donors (Lipinski definition) is 3. The van der Waals surface area contributed by atoms with Gasteiger partial charge in [-0.2, -0.15) is 0 Å². The second-order valence-corrected chi connectivity index (χ2v) is 15.8. The van der Waals surface area contributed by atoms with Gasteiger partial charge in [0.1, 0.15) is 16.9 Å². The summed E-state index contributed by atoms with van der Waals surface area (Å²) in [6, 6.07) is 4.12. The summed E-state index contributed by atoms with van der Waals surface area (Å²) >= 11 is 0. The molecule has 2 amide bonds. The van der Waals surface area contributed by atoms with Gasteiger partial charge in [0.05, 0.1) is 6.10 Å². The highest BCUT2D eigenvalue weighted by atomic mass is 32.2. The Bertz CT molecular complexity index is 1230. The van der Waals surface area contributed by atoms with Crippen molar-refractivity contribution in [3.63, 3.8) is 0 Å². The molecule has 3 N–H and O–H groups in total. The first-order valence-electron chi connectivity index (χ1n) is 15.7. The predicted octanol–water partition coefficient (Wildman–Crippen LogP) is 6.44. The summed E-state index contributed by atoms with van der Waals surface area (Å²) in [5.41, 5.74) is 0.148. The highest BCUT2D eigenvalue weighted by Crippen LogP contribution is 2.69. The standard InChI is InChI=1S/C32H48F2N2O4S/c1-5-20-18-21-23-11-10-22(31(23,3)15-12-24(21)32(4)16-13-26(37)29(34)28(20)32)19(2)14-17-35-30(38)36-41(39,40)27-9-7-6-8-25(27)33/h6-9,19-24,26,28-29,37H,5,10-18H2,1-4H3,(H2,35,36,38)/t19-,20+,21?,22?,23?,24?,26-,28-,29+,31-,32-/m1/s1. The van der Waals surface area contributed by atoms with Crippen LogP contribution in [0.1, 0.15) is 85.5 Å². The maximum absolute atomic E-state index is 15.5. The Hall–Kier alpha value is -1.74. The zero-order valence-electron chi connectivity index (χ0n) is 24.9. The topological polar surface area (TPSA) is 95.5 Å². The minimum absolute atomic E-state index is 0.0441. The molecule has 0 radical (unpaired) electrons. The number of benzene rings is 1. The Labute approximate surface area is 244 Å². The van der Waals surface area contributed by atoms with Crippen molar-refractivity contribution in [1.82, 2.24) is 10.0 Å². The first kappa shape index (κ1) is 30.7. The molecule has 4 unspecified atom stereocenters. The fourth-order valence-electron chi connectivity index (χ4n) is 10.4. The molecule has 230 valence electrons. The van der Waals surface area contributed by atoms with Gasteiger partial charge in [-0.3, -0.25) is 0 Å². The van der Waals surface area contributed by atoms with E-state index >= 15 is 4.39 Å². The van der Waals surface area contributed by atoms with Gasteiger partial charge in [-0.15, -0.1) is 0 Å². The molecule has 4 aliphatic rings. The van der Waals surface area contributed by atoms with Crippen LogP contribution in [0.2, 0.25) is 0 Å². The van der Waals surface area contributed by atoms with Gasteiger partial charge in [-0.05, 0) is 110 Å². The summed E-state index contributed by atoms with van der Waals surface area (Å²) in [5, 5.41) is 13.1. The van der Waals surface area contributed by atoms with Gasteiger partial charge >= 0.3 is 6.03 Å². The van der Waals surface area contributed by atoms with E-state index < -0.39 is 39.0 Å². The van der Waals surface area contributed by atoms with E-state index in [1.165, 1.54) is 18.6 Å². The molecule has 4 aliphatic carbocycles. The predicted molar refractivity (Wildman–Crippen MR) is 155 cm³/mol. The normalized spacial score (nSPS) is 41.0. The van der Waals surface area contributed by atoms with Crippen LogP contribution in [0.5, 0.6) is 0 Å². The molecular weight excluding hydrogens is 546 g/mol. The molecule has 0 aromatic heterocycles. The Morgan fingerprint density at radius 2 is 1.78 bits per heavy atom. The van der Waals surface area contributed by atoms with Crippen molar-refractivity contribution in [3.8, 4) is 0 Å². The van der Waals surface area contributed by atoms with E-state index in [4.69, 9.17) is 0 Å². The van der Waals surface area contributed by atoms with E-state index in [0.717, 1.165) is 57.1 Å².